The van der Waals surface area contributed by atoms with Crippen LogP contribution < -0.4 is 30.2 Å². The minimum atomic E-state index is -0.0181. The first-order valence-corrected chi connectivity index (χ1v) is 18.2. The fourth-order valence-corrected chi connectivity index (χ4v) is 6.48. The van der Waals surface area contributed by atoms with Gasteiger partial charge in [-0.3, -0.25) is 14.4 Å². The summed E-state index contributed by atoms with van der Waals surface area (Å²) in [4.78, 5) is 42.0. The molecule has 0 aliphatic heterocycles. The molecule has 0 fully saturated rings. The molecule has 288 valence electrons. The second-order valence-electron chi connectivity index (χ2n) is 12.2. The number of fused-ring (bicyclic) bond motifs is 3. The van der Waals surface area contributed by atoms with Crippen molar-refractivity contribution in [1.82, 2.24) is 30.9 Å². The van der Waals surface area contributed by atoms with Gasteiger partial charge in [0, 0.05) is 91.7 Å². The van der Waals surface area contributed by atoms with E-state index >= 15 is 0 Å². The lowest BCUT2D eigenvalue weighted by molar-refractivity contribution is -0.119. The Morgan fingerprint density at radius 1 is 0.500 bits per heavy atom. The largest absolute Gasteiger partial charge is 0.495 e. The van der Waals surface area contributed by atoms with Crippen LogP contribution in [0.1, 0.15) is 37.5 Å². The van der Waals surface area contributed by atoms with Gasteiger partial charge < -0.3 is 45.1 Å². The second-order valence-corrected chi connectivity index (χ2v) is 13.5. The molecule has 0 atom stereocenters. The molecule has 3 aromatic carbocycles. The molecule has 3 aromatic heterocycles. The van der Waals surface area contributed by atoms with Crippen molar-refractivity contribution in [3.05, 3.63) is 86.7 Å². The van der Waals surface area contributed by atoms with E-state index in [1.54, 1.807) is 21.3 Å². The molecule has 15 heteroatoms. The first kappa shape index (κ1) is 41.7. The molecule has 0 aliphatic rings. The van der Waals surface area contributed by atoms with Gasteiger partial charge in [0.05, 0.1) is 36.4 Å². The molecule has 0 spiro atoms. The molecule has 0 aliphatic carbocycles. The van der Waals surface area contributed by atoms with Gasteiger partial charge in [0.1, 0.15) is 17.2 Å². The van der Waals surface area contributed by atoms with E-state index in [0.29, 0.717) is 52.0 Å². The van der Waals surface area contributed by atoms with Crippen molar-refractivity contribution in [3.8, 4) is 17.2 Å². The number of carbonyl (C=O) groups is 3. The van der Waals surface area contributed by atoms with Crippen LogP contribution in [-0.4, -0.2) is 73.6 Å². The average molecular weight is 800 g/mol. The van der Waals surface area contributed by atoms with Crippen molar-refractivity contribution in [1.29, 1.82) is 0 Å². The third-order valence-corrected chi connectivity index (χ3v) is 9.31. The number of amides is 3. The zero-order valence-electron chi connectivity index (χ0n) is 31.0. The number of hydrogen-bond acceptors (Lipinski definition) is 6. The van der Waals surface area contributed by atoms with Crippen LogP contribution in [0, 0.1) is 0 Å². The van der Waals surface area contributed by atoms with Gasteiger partial charge in [-0.05, 0) is 72.4 Å². The highest BCUT2D eigenvalue weighted by Crippen LogP contribution is 2.33. The number of rotatable bonds is 12. The maximum absolute atomic E-state index is 10.8. The Kier molecular flexibility index (Phi) is 15.3. The van der Waals surface area contributed by atoms with Gasteiger partial charge in [0.25, 0.3) is 0 Å². The van der Waals surface area contributed by atoms with Crippen molar-refractivity contribution in [3.63, 3.8) is 0 Å². The summed E-state index contributed by atoms with van der Waals surface area (Å²) in [6, 6.07) is 11.3. The molecule has 0 saturated heterocycles. The number of aromatic amines is 3. The number of hydrogen-bond donors (Lipinski definition) is 6. The smallest absolute Gasteiger partial charge is 0.216 e. The van der Waals surface area contributed by atoms with Crippen LogP contribution in [0.25, 0.3) is 32.7 Å². The van der Waals surface area contributed by atoms with Crippen LogP contribution in [0.4, 0.5) is 0 Å². The van der Waals surface area contributed by atoms with E-state index < -0.39 is 0 Å². The van der Waals surface area contributed by atoms with E-state index in [4.69, 9.17) is 49.0 Å². The van der Waals surface area contributed by atoms with Crippen LogP contribution in [0.5, 0.6) is 17.2 Å². The molecule has 54 heavy (non-hydrogen) atoms. The minimum Gasteiger partial charge on any atom is -0.495 e. The molecule has 0 saturated carbocycles. The van der Waals surface area contributed by atoms with Crippen molar-refractivity contribution in [2.75, 3.05) is 41.0 Å². The Balaban J connectivity index is 0.000000180. The van der Waals surface area contributed by atoms with Crippen molar-refractivity contribution in [2.24, 2.45) is 0 Å². The van der Waals surface area contributed by atoms with Crippen LogP contribution >= 0.6 is 34.8 Å². The van der Waals surface area contributed by atoms with E-state index in [2.05, 4.69) is 30.9 Å². The topological polar surface area (TPSA) is 162 Å². The summed E-state index contributed by atoms with van der Waals surface area (Å²) in [7, 11) is 4.78. The number of methoxy groups -OCH3 is 3. The molecule has 0 radical (unpaired) electrons. The summed E-state index contributed by atoms with van der Waals surface area (Å²) in [6.45, 7) is 6.39. The molecule has 3 heterocycles. The van der Waals surface area contributed by atoms with Crippen molar-refractivity contribution >= 4 is 85.2 Å². The summed E-state index contributed by atoms with van der Waals surface area (Å²) >= 11 is 18.2. The number of aromatic nitrogens is 3. The Morgan fingerprint density at radius 2 is 0.759 bits per heavy atom. The first-order valence-electron chi connectivity index (χ1n) is 17.1. The van der Waals surface area contributed by atoms with Crippen molar-refractivity contribution in [2.45, 2.75) is 40.0 Å². The molecule has 6 N–H and O–H groups in total. The monoisotopic (exact) mass is 798 g/mol. The van der Waals surface area contributed by atoms with Crippen LogP contribution in [0.2, 0.25) is 15.1 Å². The van der Waals surface area contributed by atoms with E-state index in [0.717, 1.165) is 68.7 Å². The lowest BCUT2D eigenvalue weighted by Crippen LogP contribution is -2.22. The van der Waals surface area contributed by atoms with Gasteiger partial charge >= 0.3 is 0 Å². The molecule has 0 unspecified atom stereocenters. The molecular formula is C39H45Cl3N6O6. The third-order valence-electron chi connectivity index (χ3n) is 8.42. The highest BCUT2D eigenvalue weighted by atomic mass is 35.5. The van der Waals surface area contributed by atoms with Gasteiger partial charge in [-0.2, -0.15) is 0 Å². The van der Waals surface area contributed by atoms with Crippen LogP contribution in [0.3, 0.4) is 0 Å². The van der Waals surface area contributed by atoms with Crippen LogP contribution in [-0.2, 0) is 33.6 Å². The normalized spacial score (nSPS) is 10.6. The highest BCUT2D eigenvalue weighted by molar-refractivity contribution is 6.33. The predicted molar refractivity (Wildman–Crippen MR) is 217 cm³/mol. The quantitative estimate of drug-likeness (QED) is 0.0751. The van der Waals surface area contributed by atoms with E-state index in [1.807, 2.05) is 55.0 Å². The second kappa shape index (κ2) is 19.9. The summed E-state index contributed by atoms with van der Waals surface area (Å²) < 4.78 is 15.6. The number of carbonyl (C=O) groups excluding carboxylic acids is 3. The summed E-state index contributed by atoms with van der Waals surface area (Å²) in [5.74, 6) is 1.92. The van der Waals surface area contributed by atoms with E-state index in [-0.39, 0.29) is 17.7 Å². The van der Waals surface area contributed by atoms with Crippen molar-refractivity contribution < 1.29 is 28.6 Å². The maximum Gasteiger partial charge on any atom is 0.216 e. The Hall–Kier alpha value is -5.04. The zero-order chi connectivity index (χ0) is 39.4. The lowest BCUT2D eigenvalue weighted by atomic mass is 10.1. The van der Waals surface area contributed by atoms with Gasteiger partial charge in [0.15, 0.2) is 0 Å². The number of benzene rings is 3. The van der Waals surface area contributed by atoms with Crippen LogP contribution in [0.15, 0.2) is 55.0 Å². The Labute approximate surface area is 328 Å². The maximum atomic E-state index is 10.8. The molecule has 3 amide bonds. The SMILES string of the molecule is COc1cc2c(CCNC(C)=O)c[nH]c2cc1Cl.COc1cc2c(CCNC(C)=O)c[nH]c2cc1Cl.COc1cc2c(CCNC(C)=O)c[nH]c2cc1Cl. The first-order chi connectivity index (χ1) is 25.8. The number of H-pyrrole nitrogens is 3. The van der Waals surface area contributed by atoms with Gasteiger partial charge in [-0.25, -0.2) is 0 Å². The molecular weight excluding hydrogens is 755 g/mol. The standard InChI is InChI=1S/3C13H15ClN2O2/c3*1-8(17)15-4-3-9-7-16-12-6-11(14)13(18-2)5-10(9)12/h3*5-7,16H,3-4H2,1-2H3,(H,15,17). The number of ether oxygens (including phenoxy) is 3. The third kappa shape index (κ3) is 11.2. The molecule has 6 aromatic rings. The summed E-state index contributed by atoms with van der Waals surface area (Å²) in [5, 5.41) is 13.3. The number of halogens is 3. The van der Waals surface area contributed by atoms with Gasteiger partial charge in [-0.1, -0.05) is 34.8 Å². The lowest BCUT2D eigenvalue weighted by Gasteiger charge is -2.05. The Morgan fingerprint density at radius 3 is 0.981 bits per heavy atom. The minimum absolute atomic E-state index is 0.0181. The molecule has 12 nitrogen and oxygen atoms in total. The fourth-order valence-electron chi connectivity index (χ4n) is 5.75. The summed E-state index contributed by atoms with van der Waals surface area (Å²) in [6.07, 6.45) is 8.10. The van der Waals surface area contributed by atoms with Gasteiger partial charge in [0.2, 0.25) is 17.7 Å². The molecule has 6 rings (SSSR count). The zero-order valence-corrected chi connectivity index (χ0v) is 33.3. The summed E-state index contributed by atoms with van der Waals surface area (Å²) in [5.41, 5.74) is 6.31. The van der Waals surface area contributed by atoms with E-state index in [1.165, 1.54) is 20.8 Å². The Bertz CT molecular complexity index is 1980. The van der Waals surface area contributed by atoms with Gasteiger partial charge in [-0.15, -0.1) is 0 Å². The average Bonchev–Trinajstić information content (AvgIpc) is 3.83. The number of nitrogens with one attached hydrogen (secondary N) is 6. The fraction of sp³-hybridized carbons (Fsp3) is 0.308. The highest BCUT2D eigenvalue weighted by Gasteiger charge is 2.11. The predicted octanol–water partition coefficient (Wildman–Crippen LogP) is 7.53. The molecule has 0 bridgehead atoms. The van der Waals surface area contributed by atoms with E-state index in [9.17, 15) is 14.4 Å².